The second-order valence-electron chi connectivity index (χ2n) is 10.3. The lowest BCUT2D eigenvalue weighted by molar-refractivity contribution is -0.140. The Kier molecular flexibility index (Phi) is 7.31. The zero-order valence-corrected chi connectivity index (χ0v) is 21.4. The Balaban J connectivity index is 1.54. The summed E-state index contributed by atoms with van der Waals surface area (Å²) >= 11 is 0. The smallest absolute Gasteiger partial charge is 0.342 e. The zero-order valence-electron chi connectivity index (χ0n) is 21.4. The largest absolute Gasteiger partial charge is 0.492 e. The lowest BCUT2D eigenvalue weighted by Gasteiger charge is -2.29. The third-order valence-corrected chi connectivity index (χ3v) is 6.53. The van der Waals surface area contributed by atoms with Crippen molar-refractivity contribution in [1.29, 1.82) is 0 Å². The van der Waals surface area contributed by atoms with Gasteiger partial charge in [0.05, 0.1) is 6.10 Å². The van der Waals surface area contributed by atoms with Gasteiger partial charge in [-0.3, -0.25) is 14.8 Å². The van der Waals surface area contributed by atoms with Gasteiger partial charge in [-0.1, -0.05) is 13.8 Å². The Hall–Kier alpha value is -3.13. The number of carbonyl (C=O) groups is 2. The number of esters is 1. The van der Waals surface area contributed by atoms with E-state index in [4.69, 9.17) is 9.47 Å². The summed E-state index contributed by atoms with van der Waals surface area (Å²) in [6.45, 7) is 13.8. The molecule has 2 aromatic rings. The first kappa shape index (κ1) is 25.0. The van der Waals surface area contributed by atoms with Gasteiger partial charge in [0.25, 0.3) is 5.91 Å². The number of nitrogens with one attached hydrogen (secondary N) is 1. The number of H-pyrrole nitrogens is 1. The first-order valence-corrected chi connectivity index (χ1v) is 12.4. The average molecular weight is 481 g/mol. The number of aromatic nitrogens is 2. The quantitative estimate of drug-likeness (QED) is 0.605. The molecule has 1 aromatic heterocycles. The first-order chi connectivity index (χ1) is 16.7. The zero-order chi connectivity index (χ0) is 25.2. The van der Waals surface area contributed by atoms with Gasteiger partial charge in [0.1, 0.15) is 23.6 Å². The van der Waals surface area contributed by atoms with E-state index in [2.05, 4.69) is 28.9 Å². The van der Waals surface area contributed by atoms with E-state index in [-0.39, 0.29) is 17.6 Å². The van der Waals surface area contributed by atoms with Crippen LogP contribution in [0, 0.1) is 6.92 Å². The molecule has 0 spiro atoms. The molecule has 0 aliphatic carbocycles. The summed E-state index contributed by atoms with van der Waals surface area (Å²) in [5, 5.41) is 7.40. The number of amides is 1. The van der Waals surface area contributed by atoms with Crippen LogP contribution in [0.3, 0.4) is 0 Å². The van der Waals surface area contributed by atoms with Gasteiger partial charge in [-0.2, -0.15) is 5.10 Å². The second-order valence-corrected chi connectivity index (χ2v) is 10.3. The lowest BCUT2D eigenvalue weighted by Crippen LogP contribution is -2.37. The highest BCUT2D eigenvalue weighted by atomic mass is 16.5. The number of aryl methyl sites for hydroxylation is 1. The van der Waals surface area contributed by atoms with Crippen molar-refractivity contribution in [1.82, 2.24) is 20.0 Å². The van der Waals surface area contributed by atoms with Gasteiger partial charge < -0.3 is 14.4 Å². The number of hydrogen-bond donors (Lipinski definition) is 1. The first-order valence-electron chi connectivity index (χ1n) is 12.4. The molecule has 0 unspecified atom stereocenters. The van der Waals surface area contributed by atoms with Gasteiger partial charge in [0, 0.05) is 41.5 Å². The van der Waals surface area contributed by atoms with Crippen LogP contribution < -0.4 is 4.74 Å². The van der Waals surface area contributed by atoms with Crippen LogP contribution in [-0.4, -0.2) is 70.8 Å². The van der Waals surface area contributed by atoms with Crippen molar-refractivity contribution in [3.8, 4) is 5.75 Å². The highest BCUT2D eigenvalue weighted by Crippen LogP contribution is 2.37. The predicted octanol–water partition coefficient (Wildman–Crippen LogP) is 3.92. The molecule has 3 heterocycles. The fourth-order valence-electron chi connectivity index (χ4n) is 4.94. The summed E-state index contributed by atoms with van der Waals surface area (Å²) in [5.74, 6) is 0.0535. The maximum atomic E-state index is 13.5. The summed E-state index contributed by atoms with van der Waals surface area (Å²) in [6.07, 6.45) is 3.82. The number of fused-ring (bicyclic) bond motifs is 1. The van der Waals surface area contributed by atoms with Crippen molar-refractivity contribution in [3.05, 3.63) is 53.0 Å². The van der Waals surface area contributed by atoms with Crippen LogP contribution in [-0.2, 0) is 14.9 Å². The van der Waals surface area contributed by atoms with Gasteiger partial charge in [0.15, 0.2) is 0 Å². The fourth-order valence-corrected chi connectivity index (χ4v) is 4.94. The molecule has 0 bridgehead atoms. The summed E-state index contributed by atoms with van der Waals surface area (Å²) in [4.78, 5) is 30.5. The van der Waals surface area contributed by atoms with Crippen LogP contribution in [0.25, 0.3) is 5.57 Å². The minimum atomic E-state index is -0.495. The Morgan fingerprint density at radius 1 is 1.14 bits per heavy atom. The van der Waals surface area contributed by atoms with Gasteiger partial charge >= 0.3 is 5.97 Å². The molecule has 4 rings (SSSR count). The Morgan fingerprint density at radius 3 is 2.49 bits per heavy atom. The number of benzene rings is 1. The molecule has 8 heteroatoms. The number of likely N-dealkylation sites (tertiary alicyclic amines) is 1. The summed E-state index contributed by atoms with van der Waals surface area (Å²) < 4.78 is 11.4. The normalized spacial score (nSPS) is 17.7. The standard InChI is InChI=1S/C27H36N4O4/c1-18(2)35-26(33)22-16-31(17-27(4,5)23-19(3)28-29-24(22)23)25(32)20-8-10-21(11-9-20)34-15-14-30-12-6-7-13-30/h8-11,16,18H,6-7,12-15,17H2,1-5H3,(H,28,29). The van der Waals surface area contributed by atoms with E-state index in [1.807, 2.05) is 19.1 Å². The molecular formula is C27H36N4O4. The van der Waals surface area contributed by atoms with E-state index in [0.29, 0.717) is 24.4 Å². The van der Waals surface area contributed by atoms with Crippen LogP contribution in [0.5, 0.6) is 5.75 Å². The molecule has 188 valence electrons. The highest BCUT2D eigenvalue weighted by Gasteiger charge is 2.38. The van der Waals surface area contributed by atoms with Crippen LogP contribution in [0.4, 0.5) is 0 Å². The number of hydrogen-bond acceptors (Lipinski definition) is 6. The molecule has 1 amide bonds. The van der Waals surface area contributed by atoms with Crippen molar-refractivity contribution in [3.63, 3.8) is 0 Å². The SMILES string of the molecule is Cc1[nH]nc2c1C(C)(C)CN(C(=O)c1ccc(OCCN3CCCC3)cc1)C=C2C(=O)OC(C)C. The van der Waals surface area contributed by atoms with Crippen LogP contribution in [0.1, 0.15) is 67.8 Å². The van der Waals surface area contributed by atoms with E-state index in [1.54, 1.807) is 37.1 Å². The molecular weight excluding hydrogens is 444 g/mol. The van der Waals surface area contributed by atoms with Crippen LogP contribution >= 0.6 is 0 Å². The van der Waals surface area contributed by atoms with E-state index in [9.17, 15) is 9.59 Å². The van der Waals surface area contributed by atoms with Gasteiger partial charge in [-0.25, -0.2) is 4.79 Å². The van der Waals surface area contributed by atoms with Crippen LogP contribution in [0.2, 0.25) is 0 Å². The van der Waals surface area contributed by atoms with E-state index >= 15 is 0 Å². The molecule has 1 saturated heterocycles. The Morgan fingerprint density at radius 2 is 1.83 bits per heavy atom. The minimum Gasteiger partial charge on any atom is -0.492 e. The second kappa shape index (κ2) is 10.2. The number of rotatable bonds is 7. The summed E-state index contributed by atoms with van der Waals surface area (Å²) in [5.41, 5.74) is 2.70. The summed E-state index contributed by atoms with van der Waals surface area (Å²) in [6, 6.07) is 7.20. The number of carbonyl (C=O) groups excluding carboxylic acids is 2. The number of ether oxygens (including phenoxy) is 2. The van der Waals surface area contributed by atoms with Gasteiger partial charge in [-0.05, 0) is 71.0 Å². The van der Waals surface area contributed by atoms with Crippen LogP contribution in [0.15, 0.2) is 30.5 Å². The maximum Gasteiger partial charge on any atom is 0.342 e. The van der Waals surface area contributed by atoms with Crippen molar-refractivity contribution in [2.45, 2.75) is 59.0 Å². The molecule has 35 heavy (non-hydrogen) atoms. The van der Waals surface area contributed by atoms with E-state index < -0.39 is 11.4 Å². The molecule has 1 N–H and O–H groups in total. The fraction of sp³-hybridized carbons (Fsp3) is 0.519. The predicted molar refractivity (Wildman–Crippen MR) is 134 cm³/mol. The highest BCUT2D eigenvalue weighted by molar-refractivity contribution is 6.17. The summed E-state index contributed by atoms with van der Waals surface area (Å²) in [7, 11) is 0. The minimum absolute atomic E-state index is 0.191. The third-order valence-electron chi connectivity index (χ3n) is 6.53. The van der Waals surface area contributed by atoms with Crippen molar-refractivity contribution >= 4 is 17.4 Å². The van der Waals surface area contributed by atoms with E-state index in [1.165, 1.54) is 12.8 Å². The molecule has 0 radical (unpaired) electrons. The monoisotopic (exact) mass is 480 g/mol. The van der Waals surface area contributed by atoms with Crippen molar-refractivity contribution < 1.29 is 19.1 Å². The average Bonchev–Trinajstić information content (AvgIpc) is 3.43. The molecule has 1 aromatic carbocycles. The molecule has 1 fully saturated rings. The van der Waals surface area contributed by atoms with Gasteiger partial charge in [-0.15, -0.1) is 0 Å². The van der Waals surface area contributed by atoms with Crippen molar-refractivity contribution in [2.75, 3.05) is 32.8 Å². The van der Waals surface area contributed by atoms with Crippen molar-refractivity contribution in [2.24, 2.45) is 0 Å². The molecule has 2 aliphatic rings. The number of aromatic amines is 1. The van der Waals surface area contributed by atoms with Gasteiger partial charge in [0.2, 0.25) is 0 Å². The number of nitrogens with zero attached hydrogens (tertiary/aromatic N) is 3. The topological polar surface area (TPSA) is 87.8 Å². The molecule has 8 nitrogen and oxygen atoms in total. The Bertz CT molecular complexity index is 1090. The molecule has 0 atom stereocenters. The Labute approximate surface area is 207 Å². The maximum absolute atomic E-state index is 13.5. The molecule has 0 saturated carbocycles. The third kappa shape index (κ3) is 5.59. The molecule has 2 aliphatic heterocycles. The lowest BCUT2D eigenvalue weighted by atomic mass is 9.82. The van der Waals surface area contributed by atoms with E-state index in [0.717, 1.165) is 36.6 Å².